The van der Waals surface area contributed by atoms with Gasteiger partial charge in [-0.3, -0.25) is 4.79 Å². The van der Waals surface area contributed by atoms with Crippen molar-refractivity contribution in [1.82, 2.24) is 4.90 Å². The lowest BCUT2D eigenvalue weighted by Gasteiger charge is -2.36. The molecule has 1 aliphatic heterocycles. The van der Waals surface area contributed by atoms with Gasteiger partial charge in [-0.1, -0.05) is 25.5 Å². The van der Waals surface area contributed by atoms with Crippen LogP contribution in [0.15, 0.2) is 48.5 Å². The minimum atomic E-state index is 0.0436. The molecule has 1 aliphatic rings. The third kappa shape index (κ3) is 4.28. The summed E-state index contributed by atoms with van der Waals surface area (Å²) < 4.78 is 5.65. The van der Waals surface area contributed by atoms with Crippen LogP contribution in [0.4, 0.5) is 5.69 Å². The molecular weight excluding hydrogens is 328 g/mol. The van der Waals surface area contributed by atoms with Gasteiger partial charge in [0.25, 0.3) is 5.91 Å². The number of piperazine rings is 1. The molecule has 0 unspecified atom stereocenters. The predicted molar refractivity (Wildman–Crippen MR) is 103 cm³/mol. The zero-order valence-electron chi connectivity index (χ0n) is 15.2. The van der Waals surface area contributed by atoms with Crippen LogP contribution >= 0.6 is 0 Å². The summed E-state index contributed by atoms with van der Waals surface area (Å²) in [5, 5.41) is 9.99. The number of aromatic hydroxyl groups is 1. The fraction of sp³-hybridized carbons (Fsp3) is 0.381. The molecule has 0 bridgehead atoms. The van der Waals surface area contributed by atoms with Crippen molar-refractivity contribution in [3.05, 3.63) is 54.1 Å². The number of unbranched alkanes of at least 4 members (excludes halogenated alkanes) is 1. The van der Waals surface area contributed by atoms with Crippen molar-refractivity contribution in [2.45, 2.75) is 19.8 Å². The van der Waals surface area contributed by atoms with Gasteiger partial charge in [0, 0.05) is 31.7 Å². The summed E-state index contributed by atoms with van der Waals surface area (Å²) >= 11 is 0. The number of ether oxygens (including phenoxy) is 1. The summed E-state index contributed by atoms with van der Waals surface area (Å²) in [6.45, 7) is 5.54. The van der Waals surface area contributed by atoms with E-state index in [4.69, 9.17) is 4.74 Å². The highest BCUT2D eigenvalue weighted by molar-refractivity contribution is 5.94. The number of nitrogens with zero attached hydrogens (tertiary/aromatic N) is 2. The van der Waals surface area contributed by atoms with Crippen LogP contribution < -0.4 is 9.64 Å². The number of hydrogen-bond acceptors (Lipinski definition) is 4. The maximum Gasteiger partial charge on any atom is 0.253 e. The zero-order valence-corrected chi connectivity index (χ0v) is 15.2. The number of rotatable bonds is 6. The Morgan fingerprint density at radius 2 is 1.73 bits per heavy atom. The van der Waals surface area contributed by atoms with Crippen LogP contribution in [0, 0.1) is 0 Å². The number of phenolic OH excluding ortho intramolecular Hbond substituents is 1. The van der Waals surface area contributed by atoms with Gasteiger partial charge in [-0.05, 0) is 42.8 Å². The molecule has 1 saturated heterocycles. The van der Waals surface area contributed by atoms with E-state index in [-0.39, 0.29) is 11.7 Å². The Kier molecular flexibility index (Phi) is 6.00. The van der Waals surface area contributed by atoms with Crippen molar-refractivity contribution in [2.24, 2.45) is 0 Å². The highest BCUT2D eigenvalue weighted by Gasteiger charge is 2.23. The van der Waals surface area contributed by atoms with E-state index in [0.717, 1.165) is 24.3 Å². The molecule has 0 aliphatic carbocycles. The second-order valence-electron chi connectivity index (χ2n) is 6.49. The molecule has 138 valence electrons. The van der Waals surface area contributed by atoms with Crippen molar-refractivity contribution in [3.63, 3.8) is 0 Å². The van der Waals surface area contributed by atoms with E-state index in [2.05, 4.69) is 11.8 Å². The first kappa shape index (κ1) is 18.1. The van der Waals surface area contributed by atoms with Gasteiger partial charge in [-0.15, -0.1) is 0 Å². The normalized spacial score (nSPS) is 14.3. The molecule has 1 N–H and O–H groups in total. The standard InChI is InChI=1S/C21H26N2O3/c1-2-3-16-26-18-10-8-17(9-11-18)21(25)23-14-12-22(13-15-23)19-6-4-5-7-20(19)24/h4-11,24H,2-3,12-16H2,1H3. The van der Waals surface area contributed by atoms with Crippen molar-refractivity contribution >= 4 is 11.6 Å². The van der Waals surface area contributed by atoms with Crippen molar-refractivity contribution < 1.29 is 14.6 Å². The zero-order chi connectivity index (χ0) is 18.4. The summed E-state index contributed by atoms with van der Waals surface area (Å²) in [5.41, 5.74) is 1.51. The molecule has 0 atom stereocenters. The molecule has 2 aromatic rings. The summed E-state index contributed by atoms with van der Waals surface area (Å²) in [7, 11) is 0. The minimum Gasteiger partial charge on any atom is -0.506 e. The molecule has 1 fully saturated rings. The van der Waals surface area contributed by atoms with Gasteiger partial charge in [0.2, 0.25) is 0 Å². The van der Waals surface area contributed by atoms with Crippen LogP contribution in [0.1, 0.15) is 30.1 Å². The number of amides is 1. The molecule has 0 radical (unpaired) electrons. The van der Waals surface area contributed by atoms with E-state index < -0.39 is 0 Å². The van der Waals surface area contributed by atoms with Gasteiger partial charge in [0.05, 0.1) is 12.3 Å². The van der Waals surface area contributed by atoms with Crippen LogP contribution in [-0.2, 0) is 0 Å². The average molecular weight is 354 g/mol. The lowest BCUT2D eigenvalue weighted by Crippen LogP contribution is -2.48. The van der Waals surface area contributed by atoms with Gasteiger partial charge >= 0.3 is 0 Å². The Morgan fingerprint density at radius 3 is 2.38 bits per heavy atom. The highest BCUT2D eigenvalue weighted by Crippen LogP contribution is 2.27. The van der Waals surface area contributed by atoms with E-state index >= 15 is 0 Å². The maximum atomic E-state index is 12.7. The third-order valence-corrected chi connectivity index (χ3v) is 4.66. The number of carbonyl (C=O) groups is 1. The smallest absolute Gasteiger partial charge is 0.253 e. The lowest BCUT2D eigenvalue weighted by molar-refractivity contribution is 0.0746. The Bertz CT molecular complexity index is 722. The molecule has 1 amide bonds. The van der Waals surface area contributed by atoms with Gasteiger partial charge < -0.3 is 19.6 Å². The van der Waals surface area contributed by atoms with Crippen molar-refractivity contribution in [1.29, 1.82) is 0 Å². The molecule has 26 heavy (non-hydrogen) atoms. The van der Waals surface area contributed by atoms with Crippen LogP contribution in [0.3, 0.4) is 0 Å². The first-order valence-corrected chi connectivity index (χ1v) is 9.24. The largest absolute Gasteiger partial charge is 0.506 e. The number of carbonyl (C=O) groups excluding carboxylic acids is 1. The second-order valence-corrected chi connectivity index (χ2v) is 6.49. The lowest BCUT2D eigenvalue weighted by atomic mass is 10.1. The first-order chi connectivity index (χ1) is 12.7. The van der Waals surface area contributed by atoms with Crippen molar-refractivity contribution in [3.8, 4) is 11.5 Å². The average Bonchev–Trinajstić information content (AvgIpc) is 2.69. The van der Waals surface area contributed by atoms with Gasteiger partial charge in [-0.25, -0.2) is 0 Å². The van der Waals surface area contributed by atoms with E-state index in [9.17, 15) is 9.90 Å². The van der Waals surface area contributed by atoms with Gasteiger partial charge in [0.15, 0.2) is 0 Å². The third-order valence-electron chi connectivity index (χ3n) is 4.66. The summed E-state index contributed by atoms with van der Waals surface area (Å²) in [6.07, 6.45) is 2.13. The number of para-hydroxylation sites is 2. The first-order valence-electron chi connectivity index (χ1n) is 9.24. The molecule has 0 saturated carbocycles. The Balaban J connectivity index is 1.56. The van der Waals surface area contributed by atoms with E-state index in [1.165, 1.54) is 0 Å². The van der Waals surface area contributed by atoms with E-state index in [0.29, 0.717) is 38.3 Å². The molecule has 5 nitrogen and oxygen atoms in total. The Morgan fingerprint density at radius 1 is 1.04 bits per heavy atom. The summed E-state index contributed by atoms with van der Waals surface area (Å²) in [6, 6.07) is 14.7. The topological polar surface area (TPSA) is 53.0 Å². The van der Waals surface area contributed by atoms with Gasteiger partial charge in [-0.2, -0.15) is 0 Å². The molecular formula is C21H26N2O3. The molecule has 1 heterocycles. The molecule has 0 aromatic heterocycles. The fourth-order valence-corrected chi connectivity index (χ4v) is 3.09. The SMILES string of the molecule is CCCCOc1ccc(C(=O)N2CCN(c3ccccc3O)CC2)cc1. The maximum absolute atomic E-state index is 12.7. The van der Waals surface area contributed by atoms with Gasteiger partial charge in [0.1, 0.15) is 11.5 Å². The minimum absolute atomic E-state index is 0.0436. The molecule has 0 spiro atoms. The van der Waals surface area contributed by atoms with E-state index in [1.807, 2.05) is 47.4 Å². The summed E-state index contributed by atoms with van der Waals surface area (Å²) in [5.74, 6) is 1.13. The molecule has 2 aromatic carbocycles. The quantitative estimate of drug-likeness (QED) is 0.806. The number of anilines is 1. The van der Waals surface area contributed by atoms with E-state index in [1.54, 1.807) is 6.07 Å². The van der Waals surface area contributed by atoms with Crippen molar-refractivity contribution in [2.75, 3.05) is 37.7 Å². The molecule has 5 heteroatoms. The van der Waals surface area contributed by atoms with Crippen LogP contribution in [0.25, 0.3) is 0 Å². The second kappa shape index (κ2) is 8.61. The number of hydrogen-bond donors (Lipinski definition) is 1. The van der Waals surface area contributed by atoms with Crippen LogP contribution in [0.2, 0.25) is 0 Å². The fourth-order valence-electron chi connectivity index (χ4n) is 3.09. The van der Waals surface area contributed by atoms with Crippen LogP contribution in [0.5, 0.6) is 11.5 Å². The molecule has 3 rings (SSSR count). The summed E-state index contributed by atoms with van der Waals surface area (Å²) in [4.78, 5) is 16.7. The number of benzene rings is 2. The number of phenols is 1. The predicted octanol–water partition coefficient (Wildman–Crippen LogP) is 3.53. The highest BCUT2D eigenvalue weighted by atomic mass is 16.5. The Labute approximate surface area is 154 Å². The monoisotopic (exact) mass is 354 g/mol. The van der Waals surface area contributed by atoms with Crippen LogP contribution in [-0.4, -0.2) is 48.7 Å². The Hall–Kier alpha value is -2.69.